The van der Waals surface area contributed by atoms with Crippen LogP contribution in [0.5, 0.6) is 0 Å². The molecule has 154 valence electrons. The Morgan fingerprint density at radius 1 is 0.963 bits per heavy atom. The van der Waals surface area contributed by atoms with Gasteiger partial charge in [-0.05, 0) is 64.6 Å². The van der Waals surface area contributed by atoms with Gasteiger partial charge in [0.05, 0.1) is 6.42 Å². The minimum Gasteiger partial charge on any atom is -0.520 e. The predicted molar refractivity (Wildman–Crippen MR) is 117 cm³/mol. The maximum Gasteiger partial charge on any atom is 0.334 e. The van der Waals surface area contributed by atoms with E-state index in [0.29, 0.717) is 26.2 Å². The van der Waals surface area contributed by atoms with Gasteiger partial charge in [0, 0.05) is 32.0 Å². The Bertz CT molecular complexity index is 543. The largest absolute Gasteiger partial charge is 0.520 e. The smallest absolute Gasteiger partial charge is 0.334 e. The molecule has 7 heteroatoms. The third-order valence-corrected chi connectivity index (χ3v) is 7.99. The lowest BCUT2D eigenvalue weighted by atomic mass is 10.2. The average Bonchev–Trinajstić information content (AvgIpc) is 2.57. The van der Waals surface area contributed by atoms with Crippen molar-refractivity contribution in [3.63, 3.8) is 0 Å². The number of para-hydroxylation sites is 1. The first-order valence-corrected chi connectivity index (χ1v) is 15.9. The Morgan fingerprint density at radius 3 is 2.07 bits per heavy atom. The lowest BCUT2D eigenvalue weighted by molar-refractivity contribution is -0.134. The summed E-state index contributed by atoms with van der Waals surface area (Å²) >= 11 is 0. The van der Waals surface area contributed by atoms with E-state index in [1.807, 2.05) is 51.7 Å². The molecule has 0 aliphatic rings. The number of benzene rings is 1. The van der Waals surface area contributed by atoms with E-state index in [1.165, 1.54) is 0 Å². The molecule has 0 fully saturated rings. The summed E-state index contributed by atoms with van der Waals surface area (Å²) in [6.45, 7) is 15.2. The van der Waals surface area contributed by atoms with E-state index in [9.17, 15) is 4.79 Å². The minimum atomic E-state index is -2.11. The Balaban J connectivity index is 2.66. The molecule has 0 saturated carbocycles. The van der Waals surface area contributed by atoms with Gasteiger partial charge < -0.3 is 18.2 Å². The number of carbonyl (C=O) groups excluding carboxylic acids is 1. The first-order chi connectivity index (χ1) is 12.7. The van der Waals surface area contributed by atoms with Crippen molar-refractivity contribution in [2.24, 2.45) is 0 Å². The van der Waals surface area contributed by atoms with Crippen molar-refractivity contribution >= 4 is 28.5 Å². The number of hydrogen-bond donors (Lipinski definition) is 0. The first kappa shape index (κ1) is 23.9. The highest BCUT2D eigenvalue weighted by molar-refractivity contribution is 6.71. The van der Waals surface area contributed by atoms with Crippen molar-refractivity contribution in [1.29, 1.82) is 0 Å². The fraction of sp³-hybridized carbons (Fsp3) is 0.650. The fourth-order valence-corrected chi connectivity index (χ4v) is 6.19. The number of anilines is 1. The number of nitrogens with zero attached hydrogens (tertiary/aromatic N) is 1. The van der Waals surface area contributed by atoms with E-state index < -0.39 is 16.9 Å². The van der Waals surface area contributed by atoms with Gasteiger partial charge in [-0.15, -0.1) is 0 Å². The SMILES string of the molecule is CCO[Si](C)(CCCN(CCC(=O)O[Si](C)(C)C)c1ccccc1)OCC. The lowest BCUT2D eigenvalue weighted by Crippen LogP contribution is -2.40. The molecule has 1 aromatic rings. The molecule has 0 aliphatic heterocycles. The van der Waals surface area contributed by atoms with Crippen molar-refractivity contribution in [2.75, 3.05) is 31.2 Å². The third kappa shape index (κ3) is 10.1. The highest BCUT2D eigenvalue weighted by Gasteiger charge is 2.30. The van der Waals surface area contributed by atoms with Gasteiger partial charge in [-0.25, -0.2) is 0 Å². The standard InChI is InChI=1S/C20H37NO4Si2/c1-7-23-27(6,24-8-2)18-12-16-21(19-13-10-9-11-14-19)17-15-20(22)25-26(3,4)5/h9-11,13-14H,7-8,12,15-18H2,1-6H3. The molecule has 0 radical (unpaired) electrons. The van der Waals surface area contributed by atoms with E-state index in [1.54, 1.807) is 0 Å². The normalized spacial score (nSPS) is 12.1. The predicted octanol–water partition coefficient (Wildman–Crippen LogP) is 4.80. The summed E-state index contributed by atoms with van der Waals surface area (Å²) in [5, 5.41) is 0. The molecule has 0 aromatic heterocycles. The van der Waals surface area contributed by atoms with Crippen molar-refractivity contribution in [3.8, 4) is 0 Å². The molecule has 5 nitrogen and oxygen atoms in total. The molecule has 0 amide bonds. The molecule has 0 spiro atoms. The number of hydrogen-bond acceptors (Lipinski definition) is 5. The lowest BCUT2D eigenvalue weighted by Gasteiger charge is -2.29. The molecule has 0 atom stereocenters. The Kier molecular flexibility index (Phi) is 10.3. The second-order valence-corrected chi connectivity index (χ2v) is 15.5. The van der Waals surface area contributed by atoms with Crippen molar-refractivity contribution in [2.45, 2.75) is 58.9 Å². The zero-order valence-electron chi connectivity index (χ0n) is 17.9. The van der Waals surface area contributed by atoms with Crippen LogP contribution in [0.2, 0.25) is 32.2 Å². The molecular formula is C20H37NO4Si2. The maximum absolute atomic E-state index is 12.2. The number of rotatable bonds is 13. The molecule has 27 heavy (non-hydrogen) atoms. The molecule has 1 aromatic carbocycles. The van der Waals surface area contributed by atoms with E-state index in [2.05, 4.69) is 23.6 Å². The fourth-order valence-electron chi connectivity index (χ4n) is 3.02. The Labute approximate surface area is 167 Å². The van der Waals surface area contributed by atoms with Gasteiger partial charge in [0.25, 0.3) is 5.97 Å². The Hall–Kier alpha value is -1.16. The molecule has 0 bridgehead atoms. The maximum atomic E-state index is 12.2. The molecule has 0 unspecified atom stereocenters. The molecular weight excluding hydrogens is 374 g/mol. The summed E-state index contributed by atoms with van der Waals surface area (Å²) in [4.78, 5) is 14.4. The number of carbonyl (C=O) groups is 1. The zero-order valence-corrected chi connectivity index (χ0v) is 19.9. The minimum absolute atomic E-state index is 0.0991. The quantitative estimate of drug-likeness (QED) is 0.437. The molecule has 1 rings (SSSR count). The third-order valence-electron chi connectivity index (χ3n) is 4.09. The van der Waals surface area contributed by atoms with Crippen LogP contribution in [0, 0.1) is 0 Å². The van der Waals surface area contributed by atoms with Crippen LogP contribution in [0.4, 0.5) is 5.69 Å². The summed E-state index contributed by atoms with van der Waals surface area (Å²) < 4.78 is 17.5. The van der Waals surface area contributed by atoms with Crippen molar-refractivity contribution in [3.05, 3.63) is 30.3 Å². The van der Waals surface area contributed by atoms with Crippen molar-refractivity contribution < 1.29 is 18.1 Å². The van der Waals surface area contributed by atoms with Crippen molar-refractivity contribution in [1.82, 2.24) is 0 Å². The van der Waals surface area contributed by atoms with Gasteiger partial charge in [0.1, 0.15) is 0 Å². The average molecular weight is 412 g/mol. The molecule has 0 heterocycles. The summed E-state index contributed by atoms with van der Waals surface area (Å²) in [6.07, 6.45) is 1.38. The van der Waals surface area contributed by atoms with Crippen LogP contribution in [0.1, 0.15) is 26.7 Å². The van der Waals surface area contributed by atoms with Gasteiger partial charge in [0.2, 0.25) is 8.32 Å². The van der Waals surface area contributed by atoms with Crippen LogP contribution in [0.3, 0.4) is 0 Å². The molecule has 0 N–H and O–H groups in total. The van der Waals surface area contributed by atoms with Gasteiger partial charge >= 0.3 is 8.56 Å². The van der Waals surface area contributed by atoms with Gasteiger partial charge in [-0.2, -0.15) is 0 Å². The second kappa shape index (κ2) is 11.6. The van der Waals surface area contributed by atoms with E-state index in [4.69, 9.17) is 13.3 Å². The monoisotopic (exact) mass is 411 g/mol. The topological polar surface area (TPSA) is 48.0 Å². The van der Waals surface area contributed by atoms with Gasteiger partial charge in [-0.3, -0.25) is 4.79 Å². The van der Waals surface area contributed by atoms with Gasteiger partial charge in [-0.1, -0.05) is 18.2 Å². The molecule has 0 saturated heterocycles. The van der Waals surface area contributed by atoms with E-state index >= 15 is 0 Å². The van der Waals surface area contributed by atoms with Crippen LogP contribution in [0.15, 0.2) is 30.3 Å². The van der Waals surface area contributed by atoms with Crippen LogP contribution >= 0.6 is 0 Å². The summed E-state index contributed by atoms with van der Waals surface area (Å²) in [5.74, 6) is -0.0991. The zero-order chi connectivity index (χ0) is 20.3. The van der Waals surface area contributed by atoms with Crippen LogP contribution in [-0.4, -0.2) is 49.2 Å². The highest BCUT2D eigenvalue weighted by Crippen LogP contribution is 2.20. The van der Waals surface area contributed by atoms with E-state index in [0.717, 1.165) is 24.7 Å². The highest BCUT2D eigenvalue weighted by atomic mass is 28.4. The summed E-state index contributed by atoms with van der Waals surface area (Å²) in [6, 6.07) is 11.2. The van der Waals surface area contributed by atoms with Crippen LogP contribution in [-0.2, 0) is 18.1 Å². The summed E-state index contributed by atoms with van der Waals surface area (Å²) in [5.41, 5.74) is 1.13. The van der Waals surface area contributed by atoms with Gasteiger partial charge in [0.15, 0.2) is 0 Å². The van der Waals surface area contributed by atoms with Crippen LogP contribution < -0.4 is 4.90 Å². The summed E-state index contributed by atoms with van der Waals surface area (Å²) in [7, 11) is -3.94. The van der Waals surface area contributed by atoms with E-state index in [-0.39, 0.29) is 5.97 Å². The second-order valence-electron chi connectivity index (χ2n) is 7.76. The Morgan fingerprint density at radius 2 is 1.56 bits per heavy atom. The molecule has 0 aliphatic carbocycles. The van der Waals surface area contributed by atoms with Crippen LogP contribution in [0.25, 0.3) is 0 Å². The first-order valence-electron chi connectivity index (χ1n) is 9.99.